The predicted octanol–water partition coefficient (Wildman–Crippen LogP) is 3.84. The lowest BCUT2D eigenvalue weighted by Crippen LogP contribution is -2.45. The zero-order valence-corrected chi connectivity index (χ0v) is 19.2. The first kappa shape index (κ1) is 22.9. The average Bonchev–Trinajstić information content (AvgIpc) is 2.81. The molecular weight excluding hydrogens is 388 g/mol. The highest BCUT2D eigenvalue weighted by atomic mass is 16.5. The molecule has 6 heteroatoms. The van der Waals surface area contributed by atoms with E-state index in [4.69, 9.17) is 14.5 Å². The van der Waals surface area contributed by atoms with Crippen molar-refractivity contribution < 1.29 is 9.47 Å². The molecule has 1 aliphatic rings. The molecule has 0 bridgehead atoms. The van der Waals surface area contributed by atoms with Crippen LogP contribution in [0.4, 0.5) is 0 Å². The van der Waals surface area contributed by atoms with Crippen molar-refractivity contribution in [2.24, 2.45) is 10.9 Å². The van der Waals surface area contributed by atoms with Gasteiger partial charge in [-0.05, 0) is 74.7 Å². The van der Waals surface area contributed by atoms with E-state index in [0.717, 1.165) is 42.7 Å². The fourth-order valence-corrected chi connectivity index (χ4v) is 4.27. The summed E-state index contributed by atoms with van der Waals surface area (Å²) in [5.41, 5.74) is 2.50. The second-order valence-corrected chi connectivity index (χ2v) is 8.03. The highest BCUT2D eigenvalue weighted by Gasteiger charge is 2.30. The Balaban J connectivity index is 1.66. The van der Waals surface area contributed by atoms with E-state index in [-0.39, 0.29) is 0 Å². The first-order valence-corrected chi connectivity index (χ1v) is 11.1. The van der Waals surface area contributed by atoms with Crippen LogP contribution < -0.4 is 20.1 Å². The van der Waals surface area contributed by atoms with E-state index in [1.54, 1.807) is 14.2 Å². The molecule has 2 unspecified atom stereocenters. The standard InChI is InChI=1S/C25H36N4O2/c1-5-26-25(27-17-19-8-12-22(30-3)13-9-19)28-18-21-7-6-16-29(2)24(21)20-10-14-23(31-4)15-11-20/h8-15,21,24H,5-7,16-18H2,1-4H3,(H2,26,27,28). The van der Waals surface area contributed by atoms with Crippen molar-refractivity contribution in [2.45, 2.75) is 32.4 Å². The third-order valence-corrected chi connectivity index (χ3v) is 5.92. The number of likely N-dealkylation sites (tertiary alicyclic amines) is 1. The molecule has 0 saturated carbocycles. The van der Waals surface area contributed by atoms with Crippen LogP contribution in [0.1, 0.15) is 36.9 Å². The molecule has 2 aromatic carbocycles. The second-order valence-electron chi connectivity index (χ2n) is 8.03. The topological polar surface area (TPSA) is 58.1 Å². The lowest BCUT2D eigenvalue weighted by Gasteiger charge is -2.40. The molecule has 6 nitrogen and oxygen atoms in total. The number of aliphatic imine (C=N–C) groups is 1. The summed E-state index contributed by atoms with van der Waals surface area (Å²) in [7, 11) is 5.62. The normalized spacial score (nSPS) is 19.7. The molecule has 1 fully saturated rings. The van der Waals surface area contributed by atoms with Crippen LogP contribution >= 0.6 is 0 Å². The Bertz CT molecular complexity index is 820. The molecule has 0 radical (unpaired) electrons. The van der Waals surface area contributed by atoms with Crippen molar-refractivity contribution in [1.29, 1.82) is 0 Å². The molecule has 3 rings (SSSR count). The largest absolute Gasteiger partial charge is 0.497 e. The van der Waals surface area contributed by atoms with Gasteiger partial charge in [0.25, 0.3) is 0 Å². The second kappa shape index (κ2) is 11.6. The van der Waals surface area contributed by atoms with Gasteiger partial charge in [0.1, 0.15) is 11.5 Å². The van der Waals surface area contributed by atoms with Gasteiger partial charge >= 0.3 is 0 Å². The Morgan fingerprint density at radius 2 is 1.65 bits per heavy atom. The number of ether oxygens (including phenoxy) is 2. The van der Waals surface area contributed by atoms with E-state index in [9.17, 15) is 0 Å². The number of nitrogens with zero attached hydrogens (tertiary/aromatic N) is 2. The van der Waals surface area contributed by atoms with E-state index >= 15 is 0 Å². The van der Waals surface area contributed by atoms with Gasteiger partial charge in [-0.1, -0.05) is 24.3 Å². The summed E-state index contributed by atoms with van der Waals surface area (Å²) in [4.78, 5) is 7.26. The molecule has 0 aromatic heterocycles. The molecule has 0 spiro atoms. The molecule has 2 aromatic rings. The van der Waals surface area contributed by atoms with Gasteiger partial charge in [0, 0.05) is 19.1 Å². The maximum atomic E-state index is 5.34. The number of piperidine rings is 1. The smallest absolute Gasteiger partial charge is 0.191 e. The summed E-state index contributed by atoms with van der Waals surface area (Å²) in [6, 6.07) is 17.0. The van der Waals surface area contributed by atoms with Gasteiger partial charge in [-0.25, -0.2) is 4.99 Å². The molecule has 0 amide bonds. The minimum absolute atomic E-state index is 0.386. The first-order valence-electron chi connectivity index (χ1n) is 11.1. The summed E-state index contributed by atoms with van der Waals surface area (Å²) in [6.45, 7) is 5.57. The molecule has 1 saturated heterocycles. The van der Waals surface area contributed by atoms with Crippen molar-refractivity contribution in [3.8, 4) is 11.5 Å². The number of hydrogen-bond donors (Lipinski definition) is 2. The Morgan fingerprint density at radius 3 is 2.26 bits per heavy atom. The molecule has 1 aliphatic heterocycles. The average molecular weight is 425 g/mol. The molecule has 2 N–H and O–H groups in total. The molecule has 168 valence electrons. The van der Waals surface area contributed by atoms with Gasteiger partial charge in [0.15, 0.2) is 5.96 Å². The molecule has 2 atom stereocenters. The third kappa shape index (κ3) is 6.37. The van der Waals surface area contributed by atoms with Crippen LogP contribution in [0.3, 0.4) is 0 Å². The van der Waals surface area contributed by atoms with Crippen molar-refractivity contribution in [1.82, 2.24) is 15.5 Å². The lowest BCUT2D eigenvalue weighted by atomic mass is 9.85. The maximum absolute atomic E-state index is 5.34. The van der Waals surface area contributed by atoms with Crippen molar-refractivity contribution in [3.05, 3.63) is 59.7 Å². The maximum Gasteiger partial charge on any atom is 0.191 e. The lowest BCUT2D eigenvalue weighted by molar-refractivity contribution is 0.122. The van der Waals surface area contributed by atoms with Crippen molar-refractivity contribution in [2.75, 3.05) is 40.9 Å². The zero-order chi connectivity index (χ0) is 22.1. The van der Waals surface area contributed by atoms with E-state index in [2.05, 4.69) is 65.9 Å². The van der Waals surface area contributed by atoms with E-state index in [1.807, 2.05) is 12.1 Å². The van der Waals surface area contributed by atoms with Gasteiger partial charge in [0.05, 0.1) is 20.8 Å². The van der Waals surface area contributed by atoms with Crippen molar-refractivity contribution in [3.63, 3.8) is 0 Å². The predicted molar refractivity (Wildman–Crippen MR) is 127 cm³/mol. The minimum atomic E-state index is 0.386. The minimum Gasteiger partial charge on any atom is -0.497 e. The van der Waals surface area contributed by atoms with Crippen LogP contribution in [-0.4, -0.2) is 51.8 Å². The Hall–Kier alpha value is -2.73. The molecule has 1 heterocycles. The Labute approximate surface area is 186 Å². The summed E-state index contributed by atoms with van der Waals surface area (Å²) < 4.78 is 10.6. The van der Waals surface area contributed by atoms with E-state index in [1.165, 1.54) is 18.4 Å². The number of rotatable bonds is 8. The zero-order valence-electron chi connectivity index (χ0n) is 19.2. The Morgan fingerprint density at radius 1 is 1.00 bits per heavy atom. The van der Waals surface area contributed by atoms with Crippen LogP contribution in [0.5, 0.6) is 11.5 Å². The Kier molecular flexibility index (Phi) is 8.59. The monoisotopic (exact) mass is 424 g/mol. The summed E-state index contributed by atoms with van der Waals surface area (Å²) in [5.74, 6) is 3.14. The van der Waals surface area contributed by atoms with Gasteiger partial charge in [-0.3, -0.25) is 4.90 Å². The number of hydrogen-bond acceptors (Lipinski definition) is 4. The van der Waals surface area contributed by atoms with Crippen LogP contribution in [-0.2, 0) is 6.54 Å². The van der Waals surface area contributed by atoms with Crippen LogP contribution in [0.2, 0.25) is 0 Å². The SMILES string of the molecule is CCNC(=NCc1ccc(OC)cc1)NCC1CCCN(C)C1c1ccc(OC)cc1. The van der Waals surface area contributed by atoms with Gasteiger partial charge in [-0.2, -0.15) is 0 Å². The quantitative estimate of drug-likeness (QED) is 0.498. The molecule has 0 aliphatic carbocycles. The fraction of sp³-hybridized carbons (Fsp3) is 0.480. The van der Waals surface area contributed by atoms with E-state index in [0.29, 0.717) is 18.5 Å². The van der Waals surface area contributed by atoms with Crippen molar-refractivity contribution >= 4 is 5.96 Å². The summed E-state index contributed by atoms with van der Waals surface area (Å²) >= 11 is 0. The van der Waals surface area contributed by atoms with Gasteiger partial charge < -0.3 is 20.1 Å². The fourth-order valence-electron chi connectivity index (χ4n) is 4.27. The highest BCUT2D eigenvalue weighted by molar-refractivity contribution is 5.79. The third-order valence-electron chi connectivity index (χ3n) is 5.92. The first-order chi connectivity index (χ1) is 15.1. The summed E-state index contributed by atoms with van der Waals surface area (Å²) in [6.07, 6.45) is 2.42. The number of nitrogens with one attached hydrogen (secondary N) is 2. The van der Waals surface area contributed by atoms with Crippen LogP contribution in [0.25, 0.3) is 0 Å². The van der Waals surface area contributed by atoms with E-state index < -0.39 is 0 Å². The highest BCUT2D eigenvalue weighted by Crippen LogP contribution is 2.35. The van der Waals surface area contributed by atoms with Crippen LogP contribution in [0.15, 0.2) is 53.5 Å². The number of methoxy groups -OCH3 is 2. The molecule has 31 heavy (non-hydrogen) atoms. The number of guanidine groups is 1. The van der Waals surface area contributed by atoms with Gasteiger partial charge in [-0.15, -0.1) is 0 Å². The number of benzene rings is 2. The van der Waals surface area contributed by atoms with Crippen LogP contribution in [0, 0.1) is 5.92 Å². The molecular formula is C25H36N4O2. The van der Waals surface area contributed by atoms with Gasteiger partial charge in [0.2, 0.25) is 0 Å². The summed E-state index contributed by atoms with van der Waals surface area (Å²) in [5, 5.41) is 6.97.